The summed E-state index contributed by atoms with van der Waals surface area (Å²) in [7, 11) is 0. The maximum absolute atomic E-state index is 10.4. The number of carbonyl (C=O) groups excluding carboxylic acids is 1. The molecule has 0 radical (unpaired) electrons. The Hall–Kier alpha value is -1.55. The Kier molecular flexibility index (Phi) is 4.63. The number of benzene rings is 1. The van der Waals surface area contributed by atoms with Gasteiger partial charge in [0.1, 0.15) is 0 Å². The van der Waals surface area contributed by atoms with Crippen LogP contribution in [0.25, 0.3) is 0 Å². The Morgan fingerprint density at radius 3 is 2.67 bits per heavy atom. The SMILES string of the molecule is NC(=O)CCOCCc1ccccc1N. The highest BCUT2D eigenvalue weighted by Gasteiger charge is 1.98. The number of para-hydroxylation sites is 1. The number of amides is 1. The molecule has 4 N–H and O–H groups in total. The van der Waals surface area contributed by atoms with Gasteiger partial charge in [0.2, 0.25) is 5.91 Å². The molecule has 0 aliphatic carbocycles. The number of nitrogens with two attached hydrogens (primary N) is 2. The van der Waals surface area contributed by atoms with E-state index in [4.69, 9.17) is 16.2 Å². The Balaban J connectivity index is 2.21. The summed E-state index contributed by atoms with van der Waals surface area (Å²) in [4.78, 5) is 10.4. The summed E-state index contributed by atoms with van der Waals surface area (Å²) in [6, 6.07) is 7.66. The third-order valence-corrected chi connectivity index (χ3v) is 2.06. The zero-order valence-electron chi connectivity index (χ0n) is 8.61. The van der Waals surface area contributed by atoms with Crippen molar-refractivity contribution >= 4 is 11.6 Å². The molecule has 0 fully saturated rings. The van der Waals surface area contributed by atoms with E-state index < -0.39 is 0 Å². The van der Waals surface area contributed by atoms with E-state index in [0.717, 1.165) is 17.7 Å². The van der Waals surface area contributed by atoms with Crippen LogP contribution in [-0.2, 0) is 16.0 Å². The van der Waals surface area contributed by atoms with E-state index in [2.05, 4.69) is 0 Å². The lowest BCUT2D eigenvalue weighted by atomic mass is 10.1. The number of anilines is 1. The Labute approximate surface area is 89.2 Å². The van der Waals surface area contributed by atoms with Crippen LogP contribution in [0.3, 0.4) is 0 Å². The fraction of sp³-hybridized carbons (Fsp3) is 0.364. The Morgan fingerprint density at radius 2 is 2.00 bits per heavy atom. The van der Waals surface area contributed by atoms with Gasteiger partial charge in [-0.25, -0.2) is 0 Å². The van der Waals surface area contributed by atoms with Gasteiger partial charge in [0, 0.05) is 12.1 Å². The third kappa shape index (κ3) is 4.46. The first-order valence-corrected chi connectivity index (χ1v) is 4.89. The van der Waals surface area contributed by atoms with Crippen LogP contribution in [-0.4, -0.2) is 19.1 Å². The molecule has 1 aromatic carbocycles. The van der Waals surface area contributed by atoms with E-state index >= 15 is 0 Å². The van der Waals surface area contributed by atoms with Gasteiger partial charge in [-0.05, 0) is 18.1 Å². The molecular weight excluding hydrogens is 192 g/mol. The molecule has 0 atom stereocenters. The largest absolute Gasteiger partial charge is 0.399 e. The van der Waals surface area contributed by atoms with E-state index in [1.54, 1.807) is 0 Å². The molecule has 1 rings (SSSR count). The van der Waals surface area contributed by atoms with Gasteiger partial charge >= 0.3 is 0 Å². The second kappa shape index (κ2) is 6.03. The lowest BCUT2D eigenvalue weighted by Gasteiger charge is -2.05. The molecule has 0 unspecified atom stereocenters. The van der Waals surface area contributed by atoms with Crippen molar-refractivity contribution in [1.82, 2.24) is 0 Å². The maximum Gasteiger partial charge on any atom is 0.219 e. The minimum atomic E-state index is -0.339. The first kappa shape index (κ1) is 11.5. The minimum Gasteiger partial charge on any atom is -0.399 e. The van der Waals surface area contributed by atoms with Crippen LogP contribution in [0.15, 0.2) is 24.3 Å². The summed E-state index contributed by atoms with van der Waals surface area (Å²) in [5, 5.41) is 0. The molecule has 0 heterocycles. The smallest absolute Gasteiger partial charge is 0.219 e. The summed E-state index contributed by atoms with van der Waals surface area (Å²) >= 11 is 0. The molecular formula is C11H16N2O2. The second-order valence-corrected chi connectivity index (χ2v) is 3.28. The van der Waals surface area contributed by atoms with Gasteiger partial charge in [0.25, 0.3) is 0 Å². The molecule has 0 saturated carbocycles. The van der Waals surface area contributed by atoms with Gasteiger partial charge in [-0.1, -0.05) is 18.2 Å². The number of hydrogen-bond donors (Lipinski definition) is 2. The molecule has 82 valence electrons. The van der Waals surface area contributed by atoms with Crippen LogP contribution >= 0.6 is 0 Å². The normalized spacial score (nSPS) is 10.1. The topological polar surface area (TPSA) is 78.3 Å². The van der Waals surface area contributed by atoms with Crippen LogP contribution in [0.2, 0.25) is 0 Å². The molecule has 1 amide bonds. The van der Waals surface area contributed by atoms with Gasteiger partial charge in [-0.3, -0.25) is 4.79 Å². The average molecular weight is 208 g/mol. The quantitative estimate of drug-likeness (QED) is 0.533. The van der Waals surface area contributed by atoms with Crippen LogP contribution in [0.4, 0.5) is 5.69 Å². The van der Waals surface area contributed by atoms with E-state index in [1.165, 1.54) is 0 Å². The van der Waals surface area contributed by atoms with Crippen molar-refractivity contribution in [2.75, 3.05) is 18.9 Å². The van der Waals surface area contributed by atoms with Crippen molar-refractivity contribution in [2.24, 2.45) is 5.73 Å². The summed E-state index contributed by atoms with van der Waals surface area (Å²) in [5.74, 6) is -0.339. The van der Waals surface area contributed by atoms with Gasteiger partial charge < -0.3 is 16.2 Å². The summed E-state index contributed by atoms with van der Waals surface area (Å²) in [6.07, 6.45) is 1.02. The molecule has 4 nitrogen and oxygen atoms in total. The van der Waals surface area contributed by atoms with Crippen molar-refractivity contribution in [2.45, 2.75) is 12.8 Å². The van der Waals surface area contributed by atoms with E-state index in [0.29, 0.717) is 13.2 Å². The third-order valence-electron chi connectivity index (χ3n) is 2.06. The van der Waals surface area contributed by atoms with Gasteiger partial charge in [-0.2, -0.15) is 0 Å². The maximum atomic E-state index is 10.4. The zero-order chi connectivity index (χ0) is 11.1. The Morgan fingerprint density at radius 1 is 1.27 bits per heavy atom. The summed E-state index contributed by atoms with van der Waals surface area (Å²) < 4.78 is 5.25. The molecule has 4 heteroatoms. The number of carbonyl (C=O) groups is 1. The van der Waals surface area contributed by atoms with Crippen molar-refractivity contribution in [3.63, 3.8) is 0 Å². The van der Waals surface area contributed by atoms with Crippen LogP contribution < -0.4 is 11.5 Å². The number of hydrogen-bond acceptors (Lipinski definition) is 3. The number of rotatable bonds is 6. The van der Waals surface area contributed by atoms with E-state index in [-0.39, 0.29) is 12.3 Å². The highest BCUT2D eigenvalue weighted by atomic mass is 16.5. The number of nitrogen functional groups attached to an aromatic ring is 1. The molecule has 0 saturated heterocycles. The Bertz CT molecular complexity index is 326. The first-order valence-electron chi connectivity index (χ1n) is 4.89. The lowest BCUT2D eigenvalue weighted by Crippen LogP contribution is -2.14. The average Bonchev–Trinajstić information content (AvgIpc) is 2.20. The highest BCUT2D eigenvalue weighted by Crippen LogP contribution is 2.10. The van der Waals surface area contributed by atoms with Crippen LogP contribution in [0.1, 0.15) is 12.0 Å². The van der Waals surface area contributed by atoms with Gasteiger partial charge in [0.05, 0.1) is 13.2 Å². The summed E-state index contributed by atoms with van der Waals surface area (Å²) in [5.41, 5.74) is 12.6. The molecule has 0 aliphatic heterocycles. The fourth-order valence-electron chi connectivity index (χ4n) is 1.22. The second-order valence-electron chi connectivity index (χ2n) is 3.28. The summed E-state index contributed by atoms with van der Waals surface area (Å²) in [6.45, 7) is 0.934. The molecule has 0 spiro atoms. The molecule has 1 aromatic rings. The predicted molar refractivity (Wildman–Crippen MR) is 59.2 cm³/mol. The fourth-order valence-corrected chi connectivity index (χ4v) is 1.22. The number of ether oxygens (including phenoxy) is 1. The van der Waals surface area contributed by atoms with Crippen LogP contribution in [0.5, 0.6) is 0 Å². The molecule has 0 aliphatic rings. The zero-order valence-corrected chi connectivity index (χ0v) is 8.61. The molecule has 0 aromatic heterocycles. The molecule has 15 heavy (non-hydrogen) atoms. The highest BCUT2D eigenvalue weighted by molar-refractivity contribution is 5.73. The van der Waals surface area contributed by atoms with Crippen molar-refractivity contribution in [3.05, 3.63) is 29.8 Å². The minimum absolute atomic E-state index is 0.268. The molecule has 0 bridgehead atoms. The predicted octanol–water partition coefficient (Wildman–Crippen LogP) is 0.703. The lowest BCUT2D eigenvalue weighted by molar-refractivity contribution is -0.119. The number of primary amides is 1. The van der Waals surface area contributed by atoms with Crippen molar-refractivity contribution in [1.29, 1.82) is 0 Å². The van der Waals surface area contributed by atoms with Crippen LogP contribution in [0, 0.1) is 0 Å². The van der Waals surface area contributed by atoms with Crippen molar-refractivity contribution < 1.29 is 9.53 Å². The van der Waals surface area contributed by atoms with Gasteiger partial charge in [-0.15, -0.1) is 0 Å². The van der Waals surface area contributed by atoms with E-state index in [9.17, 15) is 4.79 Å². The standard InChI is InChI=1S/C11H16N2O2/c12-10-4-2-1-3-9(10)5-7-15-8-6-11(13)14/h1-4H,5-8,12H2,(H2,13,14). The van der Waals surface area contributed by atoms with E-state index in [1.807, 2.05) is 24.3 Å². The van der Waals surface area contributed by atoms with Gasteiger partial charge in [0.15, 0.2) is 0 Å². The monoisotopic (exact) mass is 208 g/mol. The van der Waals surface area contributed by atoms with Crippen molar-refractivity contribution in [3.8, 4) is 0 Å². The first-order chi connectivity index (χ1) is 7.20.